The molecule has 1 aromatic carbocycles. The van der Waals surface area contributed by atoms with Gasteiger partial charge in [0.15, 0.2) is 11.5 Å². The van der Waals surface area contributed by atoms with Crippen LogP contribution in [0.1, 0.15) is 33.6 Å². The van der Waals surface area contributed by atoms with Crippen LogP contribution in [0.2, 0.25) is 5.15 Å². The molecule has 1 aliphatic rings. The van der Waals surface area contributed by atoms with Gasteiger partial charge < -0.3 is 19.1 Å². The van der Waals surface area contributed by atoms with Gasteiger partial charge in [-0.15, -0.1) is 0 Å². The van der Waals surface area contributed by atoms with E-state index in [4.69, 9.17) is 25.8 Å². The van der Waals surface area contributed by atoms with Crippen LogP contribution in [0.15, 0.2) is 18.5 Å². The fourth-order valence-electron chi connectivity index (χ4n) is 3.12. The monoisotopic (exact) mass is 407 g/mol. The third-order valence-electron chi connectivity index (χ3n) is 4.61. The number of piperidine rings is 1. The molecule has 7 nitrogen and oxygen atoms in total. The number of hydrogen-bond acceptors (Lipinski definition) is 6. The number of benzene rings is 1. The number of halogens is 1. The molecule has 1 fully saturated rings. The molecule has 0 bridgehead atoms. The summed E-state index contributed by atoms with van der Waals surface area (Å²) in [4.78, 5) is 22.2. The number of fused-ring (bicyclic) bond motifs is 1. The second kappa shape index (κ2) is 8.39. The van der Waals surface area contributed by atoms with Crippen LogP contribution in [0.4, 0.5) is 4.79 Å². The van der Waals surface area contributed by atoms with Gasteiger partial charge in [-0.3, -0.25) is 0 Å². The van der Waals surface area contributed by atoms with Gasteiger partial charge in [0.2, 0.25) is 0 Å². The summed E-state index contributed by atoms with van der Waals surface area (Å²) in [5.74, 6) is 1.57. The number of carbonyl (C=O) groups is 1. The molecule has 0 spiro atoms. The molecule has 0 atom stereocenters. The van der Waals surface area contributed by atoms with Crippen molar-refractivity contribution >= 4 is 28.6 Å². The van der Waals surface area contributed by atoms with Crippen molar-refractivity contribution in [1.82, 2.24) is 14.9 Å². The SMILES string of the molecule is COc1cc2c(Cl)ncnc2cc1OCC1CCN(C(=O)OC(C)(C)C)CC1. The fourth-order valence-corrected chi connectivity index (χ4v) is 3.32. The zero-order valence-electron chi connectivity index (χ0n) is 16.7. The molecular formula is C20H26ClN3O4. The molecule has 152 valence electrons. The fraction of sp³-hybridized carbons (Fsp3) is 0.550. The maximum Gasteiger partial charge on any atom is 0.410 e. The van der Waals surface area contributed by atoms with E-state index in [2.05, 4.69) is 9.97 Å². The smallest absolute Gasteiger partial charge is 0.410 e. The molecule has 1 aliphatic heterocycles. The topological polar surface area (TPSA) is 73.8 Å². The molecule has 2 heterocycles. The maximum absolute atomic E-state index is 12.2. The van der Waals surface area contributed by atoms with Crippen LogP contribution in [0, 0.1) is 5.92 Å². The van der Waals surface area contributed by atoms with Gasteiger partial charge in [-0.1, -0.05) is 11.6 Å². The van der Waals surface area contributed by atoms with E-state index >= 15 is 0 Å². The largest absolute Gasteiger partial charge is 0.493 e. The first-order valence-corrected chi connectivity index (χ1v) is 9.73. The van der Waals surface area contributed by atoms with E-state index in [0.717, 1.165) is 18.2 Å². The van der Waals surface area contributed by atoms with Crippen molar-refractivity contribution in [3.63, 3.8) is 0 Å². The summed E-state index contributed by atoms with van der Waals surface area (Å²) in [5, 5.41) is 1.10. The third-order valence-corrected chi connectivity index (χ3v) is 4.91. The molecule has 0 saturated carbocycles. The Labute approximate surface area is 169 Å². The highest BCUT2D eigenvalue weighted by atomic mass is 35.5. The van der Waals surface area contributed by atoms with E-state index in [1.165, 1.54) is 6.33 Å². The maximum atomic E-state index is 12.2. The van der Waals surface area contributed by atoms with Crippen LogP contribution in [0.5, 0.6) is 11.5 Å². The van der Waals surface area contributed by atoms with E-state index in [0.29, 0.717) is 47.8 Å². The van der Waals surface area contributed by atoms with E-state index in [9.17, 15) is 4.79 Å². The molecule has 0 N–H and O–H groups in total. The molecule has 8 heteroatoms. The van der Waals surface area contributed by atoms with Gasteiger partial charge in [-0.2, -0.15) is 0 Å². The number of amides is 1. The van der Waals surface area contributed by atoms with Crippen molar-refractivity contribution in [2.75, 3.05) is 26.8 Å². The van der Waals surface area contributed by atoms with Crippen molar-refractivity contribution in [1.29, 1.82) is 0 Å². The van der Waals surface area contributed by atoms with Crippen molar-refractivity contribution < 1.29 is 19.0 Å². The Morgan fingerprint density at radius 1 is 1.21 bits per heavy atom. The lowest BCUT2D eigenvalue weighted by molar-refractivity contribution is 0.0164. The second-order valence-electron chi connectivity index (χ2n) is 7.91. The standard InChI is InChI=1S/C20H26ClN3O4/c1-20(2,3)28-19(25)24-7-5-13(6-8-24)11-27-17-10-15-14(9-16(17)26-4)18(21)23-12-22-15/h9-10,12-13H,5-8,11H2,1-4H3. The molecule has 1 aromatic heterocycles. The molecule has 3 rings (SSSR count). The van der Waals surface area contributed by atoms with Gasteiger partial charge in [0.05, 0.1) is 19.2 Å². The lowest BCUT2D eigenvalue weighted by Gasteiger charge is -2.33. The van der Waals surface area contributed by atoms with E-state index in [-0.39, 0.29) is 6.09 Å². The number of rotatable bonds is 4. The summed E-state index contributed by atoms with van der Waals surface area (Å²) in [5.41, 5.74) is 0.228. The van der Waals surface area contributed by atoms with Crippen LogP contribution in [0.25, 0.3) is 10.9 Å². The van der Waals surface area contributed by atoms with E-state index in [1.54, 1.807) is 18.1 Å². The lowest BCUT2D eigenvalue weighted by atomic mass is 9.98. The Kier molecular flexibility index (Phi) is 6.13. The number of ether oxygens (including phenoxy) is 3. The summed E-state index contributed by atoms with van der Waals surface area (Å²) in [6.07, 6.45) is 2.90. The first-order valence-electron chi connectivity index (χ1n) is 9.36. The van der Waals surface area contributed by atoms with Crippen molar-refractivity contribution in [2.24, 2.45) is 5.92 Å². The van der Waals surface area contributed by atoms with Gasteiger partial charge in [0.25, 0.3) is 0 Å². The highest BCUT2D eigenvalue weighted by Crippen LogP contribution is 2.34. The summed E-state index contributed by atoms with van der Waals surface area (Å²) < 4.78 is 16.9. The predicted octanol–water partition coefficient (Wildman–Crippen LogP) is 4.32. The minimum atomic E-state index is -0.476. The summed E-state index contributed by atoms with van der Waals surface area (Å²) >= 11 is 6.13. The van der Waals surface area contributed by atoms with Gasteiger partial charge in [0.1, 0.15) is 17.1 Å². The Morgan fingerprint density at radius 2 is 1.93 bits per heavy atom. The molecule has 28 heavy (non-hydrogen) atoms. The minimum Gasteiger partial charge on any atom is -0.493 e. The Bertz CT molecular complexity index is 845. The average Bonchev–Trinajstić information content (AvgIpc) is 2.65. The van der Waals surface area contributed by atoms with E-state index in [1.807, 2.05) is 26.8 Å². The van der Waals surface area contributed by atoms with Crippen LogP contribution in [-0.2, 0) is 4.74 Å². The highest BCUT2D eigenvalue weighted by molar-refractivity contribution is 6.34. The van der Waals surface area contributed by atoms with Gasteiger partial charge in [0, 0.05) is 24.5 Å². The zero-order chi connectivity index (χ0) is 20.3. The number of likely N-dealkylation sites (tertiary alicyclic amines) is 1. The van der Waals surface area contributed by atoms with Crippen LogP contribution < -0.4 is 9.47 Å². The first-order chi connectivity index (χ1) is 13.3. The van der Waals surface area contributed by atoms with E-state index < -0.39 is 5.60 Å². The van der Waals surface area contributed by atoms with Gasteiger partial charge in [-0.05, 0) is 45.6 Å². The molecular weight excluding hydrogens is 382 g/mol. The summed E-state index contributed by atoms with van der Waals surface area (Å²) in [6.45, 7) is 7.51. The molecule has 0 aliphatic carbocycles. The zero-order valence-corrected chi connectivity index (χ0v) is 17.5. The molecule has 1 saturated heterocycles. The quantitative estimate of drug-likeness (QED) is 0.703. The number of methoxy groups -OCH3 is 1. The third kappa shape index (κ3) is 4.95. The highest BCUT2D eigenvalue weighted by Gasteiger charge is 2.27. The number of carbonyl (C=O) groups excluding carboxylic acids is 1. The Hall–Kier alpha value is -2.28. The predicted molar refractivity (Wildman–Crippen MR) is 107 cm³/mol. The lowest BCUT2D eigenvalue weighted by Crippen LogP contribution is -2.42. The Balaban J connectivity index is 1.59. The number of nitrogens with zero attached hydrogens (tertiary/aromatic N) is 3. The molecule has 2 aromatic rings. The Morgan fingerprint density at radius 3 is 2.57 bits per heavy atom. The van der Waals surface area contributed by atoms with Crippen molar-refractivity contribution in [3.8, 4) is 11.5 Å². The van der Waals surface area contributed by atoms with Crippen LogP contribution in [0.3, 0.4) is 0 Å². The molecule has 0 radical (unpaired) electrons. The van der Waals surface area contributed by atoms with Crippen LogP contribution >= 0.6 is 11.6 Å². The number of aromatic nitrogens is 2. The molecule has 0 unspecified atom stereocenters. The average molecular weight is 408 g/mol. The first kappa shape index (κ1) is 20.5. The molecule has 1 amide bonds. The van der Waals surface area contributed by atoms with Crippen molar-refractivity contribution in [2.45, 2.75) is 39.2 Å². The van der Waals surface area contributed by atoms with Gasteiger partial charge >= 0.3 is 6.09 Å². The second-order valence-corrected chi connectivity index (χ2v) is 8.26. The minimum absolute atomic E-state index is 0.250. The van der Waals surface area contributed by atoms with Gasteiger partial charge in [-0.25, -0.2) is 14.8 Å². The van der Waals surface area contributed by atoms with Crippen molar-refractivity contribution in [3.05, 3.63) is 23.6 Å². The normalized spacial score (nSPS) is 15.5. The summed E-state index contributed by atoms with van der Waals surface area (Å²) in [7, 11) is 1.59. The van der Waals surface area contributed by atoms with Crippen LogP contribution in [-0.4, -0.2) is 53.4 Å². The summed E-state index contributed by atoms with van der Waals surface area (Å²) in [6, 6.07) is 3.61. The number of hydrogen-bond donors (Lipinski definition) is 0.